The maximum Gasteiger partial charge on any atom is 0.326 e. The van der Waals surface area contributed by atoms with Crippen LogP contribution in [0.15, 0.2) is 29.1 Å². The van der Waals surface area contributed by atoms with Gasteiger partial charge in [0.1, 0.15) is 11.7 Å². The highest BCUT2D eigenvalue weighted by Crippen LogP contribution is 2.25. The zero-order valence-electron chi connectivity index (χ0n) is 17.8. The molecule has 0 saturated heterocycles. The Balaban J connectivity index is 1.58. The molecule has 0 fully saturated rings. The summed E-state index contributed by atoms with van der Waals surface area (Å²) < 4.78 is 0. The van der Waals surface area contributed by atoms with Gasteiger partial charge in [0.25, 0.3) is 11.5 Å². The quantitative estimate of drug-likeness (QED) is 0.260. The van der Waals surface area contributed by atoms with Gasteiger partial charge in [-0.05, 0) is 30.7 Å². The second-order valence-corrected chi connectivity index (χ2v) is 7.55. The predicted octanol–water partition coefficient (Wildman–Crippen LogP) is -0.258. The lowest BCUT2D eigenvalue weighted by atomic mass is 10.1. The van der Waals surface area contributed by atoms with Crippen molar-refractivity contribution in [1.29, 1.82) is 0 Å². The lowest BCUT2D eigenvalue weighted by Crippen LogP contribution is -2.48. The van der Waals surface area contributed by atoms with Gasteiger partial charge in [-0.1, -0.05) is 0 Å². The standard InChI is InChI=1S/C20H25N7O6/c1-27-12(9-23-16-15(27)18(31)26-20(21)25-16)8-22-11-4-2-10(3-5-11)17(30)24-13(19(32)33)6-7-14(28)29/h2-5,12-13,22H,6-9H2,1H3,(H,24,30)(H,28,29)(H,32,33)(H4,21,23,25,26,31)/t12-,13-/m1/s1. The first-order valence-corrected chi connectivity index (χ1v) is 10.1. The Bertz CT molecular complexity index is 1100. The summed E-state index contributed by atoms with van der Waals surface area (Å²) in [4.78, 5) is 54.9. The van der Waals surface area contributed by atoms with Crippen LogP contribution in [0.4, 0.5) is 23.1 Å². The molecule has 1 aliphatic heterocycles. The van der Waals surface area contributed by atoms with Crippen LogP contribution in [0.5, 0.6) is 0 Å². The number of nitrogens with zero attached hydrogens (tertiary/aromatic N) is 2. The molecule has 3 rings (SSSR count). The number of H-pyrrole nitrogens is 1. The number of nitrogens with one attached hydrogen (secondary N) is 4. The third-order valence-electron chi connectivity index (χ3n) is 5.26. The first-order chi connectivity index (χ1) is 15.7. The lowest BCUT2D eigenvalue weighted by Gasteiger charge is -2.35. The summed E-state index contributed by atoms with van der Waals surface area (Å²) in [7, 11) is 1.79. The van der Waals surface area contributed by atoms with Crippen LogP contribution in [-0.2, 0) is 9.59 Å². The largest absolute Gasteiger partial charge is 0.481 e. The molecule has 0 aliphatic carbocycles. The number of aromatic amines is 1. The van der Waals surface area contributed by atoms with E-state index < -0.39 is 23.9 Å². The van der Waals surface area contributed by atoms with Crippen molar-refractivity contribution < 1.29 is 24.6 Å². The molecular formula is C20H25N7O6. The molecule has 1 amide bonds. The van der Waals surface area contributed by atoms with E-state index in [1.165, 1.54) is 12.1 Å². The Kier molecular flexibility index (Phi) is 7.00. The first kappa shape index (κ1) is 23.4. The van der Waals surface area contributed by atoms with E-state index >= 15 is 0 Å². The fraction of sp³-hybridized carbons (Fsp3) is 0.350. The third kappa shape index (κ3) is 5.70. The molecule has 2 aromatic rings. The van der Waals surface area contributed by atoms with Crippen LogP contribution in [0.25, 0.3) is 0 Å². The van der Waals surface area contributed by atoms with Gasteiger partial charge in [0, 0.05) is 37.8 Å². The van der Waals surface area contributed by atoms with Crippen molar-refractivity contribution >= 4 is 41.0 Å². The SMILES string of the molecule is CN1c2c(nc(N)[nH]c2=O)NC[C@H]1CNc1ccc(C(=O)N[C@H](CCC(=O)O)C(=O)O)cc1. The number of amides is 1. The van der Waals surface area contributed by atoms with Gasteiger partial charge >= 0.3 is 11.9 Å². The summed E-state index contributed by atoms with van der Waals surface area (Å²) in [5.41, 5.74) is 6.59. The van der Waals surface area contributed by atoms with Gasteiger partial charge in [-0.2, -0.15) is 4.98 Å². The molecule has 13 nitrogen and oxygen atoms in total. The fourth-order valence-electron chi connectivity index (χ4n) is 3.42. The molecule has 176 valence electrons. The smallest absolute Gasteiger partial charge is 0.326 e. The Morgan fingerprint density at radius 2 is 1.97 bits per heavy atom. The molecule has 1 aliphatic rings. The molecule has 2 heterocycles. The molecule has 0 unspecified atom stereocenters. The van der Waals surface area contributed by atoms with E-state index in [-0.39, 0.29) is 36.0 Å². The Labute approximate surface area is 188 Å². The number of nitrogens with two attached hydrogens (primary N) is 1. The van der Waals surface area contributed by atoms with Crippen LogP contribution in [0, 0.1) is 0 Å². The maximum absolute atomic E-state index is 12.3. The summed E-state index contributed by atoms with van der Waals surface area (Å²) in [5, 5.41) is 26.6. The van der Waals surface area contributed by atoms with E-state index in [1.54, 1.807) is 19.2 Å². The molecule has 13 heteroatoms. The molecule has 0 bridgehead atoms. The summed E-state index contributed by atoms with van der Waals surface area (Å²) in [6, 6.07) is 5.03. The molecule has 0 radical (unpaired) electrons. The van der Waals surface area contributed by atoms with Gasteiger partial charge in [-0.3, -0.25) is 19.4 Å². The number of benzene rings is 1. The fourth-order valence-corrected chi connectivity index (χ4v) is 3.42. The monoisotopic (exact) mass is 459 g/mol. The number of rotatable bonds is 9. The zero-order valence-corrected chi connectivity index (χ0v) is 17.8. The number of carbonyl (C=O) groups is 3. The second-order valence-electron chi connectivity index (χ2n) is 7.55. The molecule has 8 N–H and O–H groups in total. The zero-order chi connectivity index (χ0) is 24.1. The molecule has 2 atom stereocenters. The summed E-state index contributed by atoms with van der Waals surface area (Å²) in [6.45, 7) is 1.01. The number of hydrogen-bond acceptors (Lipinski definition) is 9. The van der Waals surface area contributed by atoms with Crippen molar-refractivity contribution in [1.82, 2.24) is 15.3 Å². The van der Waals surface area contributed by atoms with Crippen LogP contribution in [0.3, 0.4) is 0 Å². The van der Waals surface area contributed by atoms with Gasteiger partial charge in [0.15, 0.2) is 5.82 Å². The summed E-state index contributed by atoms with van der Waals surface area (Å²) >= 11 is 0. The van der Waals surface area contributed by atoms with Crippen LogP contribution < -0.4 is 32.1 Å². The number of carboxylic acids is 2. The van der Waals surface area contributed by atoms with Gasteiger partial charge in [-0.25, -0.2) is 4.79 Å². The first-order valence-electron chi connectivity index (χ1n) is 10.1. The highest BCUT2D eigenvalue weighted by atomic mass is 16.4. The molecule has 33 heavy (non-hydrogen) atoms. The number of aliphatic carboxylic acids is 2. The van der Waals surface area contributed by atoms with Crippen molar-refractivity contribution in [2.24, 2.45) is 0 Å². The van der Waals surface area contributed by atoms with Crippen LogP contribution in [-0.4, -0.2) is 70.2 Å². The van der Waals surface area contributed by atoms with Crippen LogP contribution in [0.1, 0.15) is 23.2 Å². The molecule has 1 aromatic heterocycles. The average molecular weight is 459 g/mol. The van der Waals surface area contributed by atoms with Crippen molar-refractivity contribution in [2.75, 3.05) is 41.4 Å². The predicted molar refractivity (Wildman–Crippen MR) is 121 cm³/mol. The van der Waals surface area contributed by atoms with Crippen molar-refractivity contribution in [3.63, 3.8) is 0 Å². The minimum absolute atomic E-state index is 0.0388. The van der Waals surface area contributed by atoms with Crippen molar-refractivity contribution in [3.05, 3.63) is 40.2 Å². The molecule has 0 saturated carbocycles. The van der Waals surface area contributed by atoms with Gasteiger partial charge in [0.05, 0.1) is 6.04 Å². The van der Waals surface area contributed by atoms with E-state index in [9.17, 15) is 24.3 Å². The van der Waals surface area contributed by atoms with Gasteiger partial charge in [0.2, 0.25) is 5.95 Å². The van der Waals surface area contributed by atoms with E-state index in [0.29, 0.717) is 24.6 Å². The van der Waals surface area contributed by atoms with Crippen molar-refractivity contribution in [3.8, 4) is 0 Å². The Morgan fingerprint density at radius 1 is 1.27 bits per heavy atom. The minimum Gasteiger partial charge on any atom is -0.481 e. The van der Waals surface area contributed by atoms with E-state index in [4.69, 9.17) is 10.8 Å². The number of anilines is 4. The van der Waals surface area contributed by atoms with E-state index in [1.807, 2.05) is 4.90 Å². The summed E-state index contributed by atoms with van der Waals surface area (Å²) in [5.74, 6) is -2.59. The number of aromatic nitrogens is 2. The number of likely N-dealkylation sites (N-methyl/N-ethyl adjacent to an activating group) is 1. The third-order valence-corrected chi connectivity index (χ3v) is 5.26. The Hall–Kier alpha value is -4.29. The lowest BCUT2D eigenvalue weighted by molar-refractivity contribution is -0.140. The van der Waals surface area contributed by atoms with Crippen LogP contribution in [0.2, 0.25) is 0 Å². The topological polar surface area (TPSA) is 203 Å². The minimum atomic E-state index is -1.30. The number of hydrogen-bond donors (Lipinski definition) is 7. The van der Waals surface area contributed by atoms with Gasteiger partial charge in [-0.15, -0.1) is 0 Å². The molecular weight excluding hydrogens is 434 g/mol. The van der Waals surface area contributed by atoms with Crippen LogP contribution >= 0.6 is 0 Å². The van der Waals surface area contributed by atoms with E-state index in [2.05, 4.69) is 25.9 Å². The maximum atomic E-state index is 12.3. The second kappa shape index (κ2) is 9.89. The highest BCUT2D eigenvalue weighted by molar-refractivity contribution is 5.96. The van der Waals surface area contributed by atoms with Gasteiger partial charge < -0.3 is 36.8 Å². The highest BCUT2D eigenvalue weighted by Gasteiger charge is 2.27. The number of carboxylic acid groups (broad SMARTS) is 2. The normalized spacial score (nSPS) is 15.7. The Morgan fingerprint density at radius 3 is 2.61 bits per heavy atom. The number of nitrogen functional groups attached to an aromatic ring is 1. The number of fused-ring (bicyclic) bond motifs is 1. The summed E-state index contributed by atoms with van der Waals surface area (Å²) in [6.07, 6.45) is -0.586. The number of carbonyl (C=O) groups excluding carboxylic acids is 1. The molecule has 1 aromatic carbocycles. The van der Waals surface area contributed by atoms with E-state index in [0.717, 1.165) is 5.69 Å². The van der Waals surface area contributed by atoms with Crippen molar-refractivity contribution in [2.45, 2.75) is 24.9 Å². The average Bonchev–Trinajstić information content (AvgIpc) is 2.75. The molecule has 0 spiro atoms.